The fourth-order valence-corrected chi connectivity index (χ4v) is 3.06. The standard InChI is InChI=1S/C17H19NO2/c1-20-15-6-7-16(17(18)10-15)13-3-2-12-9-14(19)5-4-11(12)8-13/h4-7,9-10,13,19H,2-3,8,18H2,1H3/t13-/m0/s1. The first-order valence-electron chi connectivity index (χ1n) is 6.91. The van der Waals surface area contributed by atoms with Gasteiger partial charge in [0, 0.05) is 11.8 Å². The maximum atomic E-state index is 9.54. The lowest BCUT2D eigenvalue weighted by Crippen LogP contribution is -2.14. The zero-order valence-corrected chi connectivity index (χ0v) is 11.6. The Kier molecular flexibility index (Phi) is 3.26. The molecule has 1 aliphatic carbocycles. The van der Waals surface area contributed by atoms with Gasteiger partial charge in [0.15, 0.2) is 0 Å². The molecule has 0 aromatic heterocycles. The molecule has 1 atom stereocenters. The summed E-state index contributed by atoms with van der Waals surface area (Å²) < 4.78 is 5.20. The number of phenolic OH excluding ortho intramolecular Hbond substituents is 1. The van der Waals surface area contributed by atoms with Gasteiger partial charge in [0.25, 0.3) is 0 Å². The first-order chi connectivity index (χ1) is 9.67. The molecule has 0 unspecified atom stereocenters. The molecule has 0 spiro atoms. The van der Waals surface area contributed by atoms with Crippen molar-refractivity contribution < 1.29 is 9.84 Å². The average Bonchev–Trinajstić information content (AvgIpc) is 2.46. The summed E-state index contributed by atoms with van der Waals surface area (Å²) in [6.45, 7) is 0. The van der Waals surface area contributed by atoms with Gasteiger partial charge in [-0.05, 0) is 60.1 Å². The molecule has 3 nitrogen and oxygen atoms in total. The molecule has 0 radical (unpaired) electrons. The minimum absolute atomic E-state index is 0.353. The van der Waals surface area contributed by atoms with Crippen molar-refractivity contribution in [3.63, 3.8) is 0 Å². The number of hydrogen-bond acceptors (Lipinski definition) is 3. The second kappa shape index (κ2) is 5.08. The summed E-state index contributed by atoms with van der Waals surface area (Å²) in [6.07, 6.45) is 3.03. The summed E-state index contributed by atoms with van der Waals surface area (Å²) in [7, 11) is 1.65. The Balaban J connectivity index is 1.88. The van der Waals surface area contributed by atoms with Crippen molar-refractivity contribution in [2.75, 3.05) is 12.8 Å². The van der Waals surface area contributed by atoms with Gasteiger partial charge in [0.2, 0.25) is 0 Å². The lowest BCUT2D eigenvalue weighted by molar-refractivity contribution is 0.414. The van der Waals surface area contributed by atoms with E-state index in [0.29, 0.717) is 11.7 Å². The number of methoxy groups -OCH3 is 1. The molecule has 0 heterocycles. The second-order valence-electron chi connectivity index (χ2n) is 5.39. The van der Waals surface area contributed by atoms with E-state index in [1.54, 1.807) is 13.2 Å². The molecule has 2 aromatic rings. The number of nitrogen functional groups attached to an aromatic ring is 1. The highest BCUT2D eigenvalue weighted by Gasteiger charge is 2.22. The topological polar surface area (TPSA) is 55.5 Å². The Hall–Kier alpha value is -2.16. The highest BCUT2D eigenvalue weighted by Crippen LogP contribution is 2.37. The normalized spacial score (nSPS) is 17.6. The smallest absolute Gasteiger partial charge is 0.120 e. The van der Waals surface area contributed by atoms with E-state index in [4.69, 9.17) is 10.5 Å². The molecule has 0 amide bonds. The molecule has 3 rings (SSSR count). The summed E-state index contributed by atoms with van der Waals surface area (Å²) in [5, 5.41) is 9.54. The first kappa shape index (κ1) is 12.9. The number of anilines is 1. The van der Waals surface area contributed by atoms with Gasteiger partial charge < -0.3 is 15.6 Å². The van der Waals surface area contributed by atoms with Gasteiger partial charge in [-0.25, -0.2) is 0 Å². The first-order valence-corrected chi connectivity index (χ1v) is 6.91. The maximum Gasteiger partial charge on any atom is 0.120 e. The number of hydrogen-bond donors (Lipinski definition) is 2. The van der Waals surface area contributed by atoms with Gasteiger partial charge in [0.1, 0.15) is 11.5 Å². The number of benzene rings is 2. The highest BCUT2D eigenvalue weighted by atomic mass is 16.5. The van der Waals surface area contributed by atoms with Crippen LogP contribution in [0.4, 0.5) is 5.69 Å². The number of rotatable bonds is 2. The van der Waals surface area contributed by atoms with Crippen molar-refractivity contribution in [1.29, 1.82) is 0 Å². The Labute approximate surface area is 119 Å². The summed E-state index contributed by atoms with van der Waals surface area (Å²) in [4.78, 5) is 0. The quantitative estimate of drug-likeness (QED) is 0.823. The van der Waals surface area contributed by atoms with Gasteiger partial charge in [0.05, 0.1) is 7.11 Å². The third-order valence-electron chi connectivity index (χ3n) is 4.15. The summed E-state index contributed by atoms with van der Waals surface area (Å²) in [6, 6.07) is 11.6. The van der Waals surface area contributed by atoms with Gasteiger partial charge in [-0.3, -0.25) is 0 Å². The lowest BCUT2D eigenvalue weighted by Gasteiger charge is -2.26. The molecule has 104 valence electrons. The van der Waals surface area contributed by atoms with Crippen molar-refractivity contribution in [1.82, 2.24) is 0 Å². The van der Waals surface area contributed by atoms with Crippen LogP contribution < -0.4 is 10.5 Å². The highest BCUT2D eigenvalue weighted by molar-refractivity contribution is 5.54. The fourth-order valence-electron chi connectivity index (χ4n) is 3.06. The van der Waals surface area contributed by atoms with E-state index in [9.17, 15) is 5.11 Å². The van der Waals surface area contributed by atoms with Crippen LogP contribution in [0.25, 0.3) is 0 Å². The third-order valence-corrected chi connectivity index (χ3v) is 4.15. The molecular weight excluding hydrogens is 250 g/mol. The largest absolute Gasteiger partial charge is 0.508 e. The van der Waals surface area contributed by atoms with Gasteiger partial charge >= 0.3 is 0 Å². The molecular formula is C17H19NO2. The zero-order valence-electron chi connectivity index (χ0n) is 11.6. The predicted octanol–water partition coefficient (Wildman–Crippen LogP) is 3.26. The number of ether oxygens (including phenoxy) is 1. The molecule has 0 saturated carbocycles. The number of aryl methyl sites for hydroxylation is 1. The Morgan fingerprint density at radius 3 is 2.75 bits per heavy atom. The molecule has 2 aromatic carbocycles. The predicted molar refractivity (Wildman–Crippen MR) is 80.3 cm³/mol. The van der Waals surface area contributed by atoms with E-state index in [0.717, 1.165) is 30.7 Å². The Morgan fingerprint density at radius 2 is 2.00 bits per heavy atom. The Bertz CT molecular complexity index is 637. The minimum atomic E-state index is 0.353. The second-order valence-corrected chi connectivity index (χ2v) is 5.39. The maximum absolute atomic E-state index is 9.54. The molecule has 20 heavy (non-hydrogen) atoms. The number of nitrogens with two attached hydrogens (primary N) is 1. The SMILES string of the molecule is COc1ccc([C@H]2CCc3cc(O)ccc3C2)c(N)c1. The van der Waals surface area contributed by atoms with Crippen LogP contribution in [0.5, 0.6) is 11.5 Å². The van der Waals surface area contributed by atoms with E-state index >= 15 is 0 Å². The van der Waals surface area contributed by atoms with Gasteiger partial charge in [-0.15, -0.1) is 0 Å². The fraction of sp³-hybridized carbons (Fsp3) is 0.294. The van der Waals surface area contributed by atoms with Crippen molar-refractivity contribution in [3.8, 4) is 11.5 Å². The average molecular weight is 269 g/mol. The van der Waals surface area contributed by atoms with E-state index in [-0.39, 0.29) is 0 Å². The van der Waals surface area contributed by atoms with Gasteiger partial charge in [-0.1, -0.05) is 12.1 Å². The monoisotopic (exact) mass is 269 g/mol. The van der Waals surface area contributed by atoms with Crippen LogP contribution >= 0.6 is 0 Å². The van der Waals surface area contributed by atoms with Crippen LogP contribution in [-0.4, -0.2) is 12.2 Å². The summed E-state index contributed by atoms with van der Waals surface area (Å²) in [5.74, 6) is 1.59. The van der Waals surface area contributed by atoms with Crippen molar-refractivity contribution >= 4 is 5.69 Å². The van der Waals surface area contributed by atoms with Gasteiger partial charge in [-0.2, -0.15) is 0 Å². The summed E-state index contributed by atoms with van der Waals surface area (Å²) in [5.41, 5.74) is 10.7. The third kappa shape index (κ3) is 2.31. The van der Waals surface area contributed by atoms with E-state index in [2.05, 4.69) is 6.07 Å². The molecule has 0 bridgehead atoms. The molecule has 3 N–H and O–H groups in total. The van der Waals surface area contributed by atoms with Crippen molar-refractivity contribution in [2.45, 2.75) is 25.2 Å². The van der Waals surface area contributed by atoms with Crippen LogP contribution in [-0.2, 0) is 12.8 Å². The zero-order chi connectivity index (χ0) is 14.1. The van der Waals surface area contributed by atoms with Crippen molar-refractivity contribution in [2.24, 2.45) is 0 Å². The Morgan fingerprint density at radius 1 is 1.15 bits per heavy atom. The molecule has 3 heteroatoms. The molecule has 0 fully saturated rings. The lowest BCUT2D eigenvalue weighted by atomic mass is 9.79. The number of aromatic hydroxyl groups is 1. The minimum Gasteiger partial charge on any atom is -0.508 e. The van der Waals surface area contributed by atoms with Crippen LogP contribution in [0.3, 0.4) is 0 Å². The summed E-state index contributed by atoms with van der Waals surface area (Å²) >= 11 is 0. The molecule has 0 saturated heterocycles. The van der Waals surface area contributed by atoms with Crippen LogP contribution in [0, 0.1) is 0 Å². The van der Waals surface area contributed by atoms with E-state index < -0.39 is 0 Å². The van der Waals surface area contributed by atoms with E-state index in [1.165, 1.54) is 16.7 Å². The number of phenols is 1. The van der Waals surface area contributed by atoms with Crippen LogP contribution in [0.1, 0.15) is 29.0 Å². The molecule has 1 aliphatic rings. The van der Waals surface area contributed by atoms with E-state index in [1.807, 2.05) is 24.3 Å². The van der Waals surface area contributed by atoms with Crippen molar-refractivity contribution in [3.05, 3.63) is 53.1 Å². The number of fused-ring (bicyclic) bond motifs is 1. The van der Waals surface area contributed by atoms with Crippen LogP contribution in [0.15, 0.2) is 36.4 Å². The molecule has 0 aliphatic heterocycles. The van der Waals surface area contributed by atoms with Crippen LogP contribution in [0.2, 0.25) is 0 Å².